The van der Waals surface area contributed by atoms with Gasteiger partial charge in [0.2, 0.25) is 6.33 Å². The van der Waals surface area contributed by atoms with E-state index in [2.05, 4.69) is 9.88 Å². The fourth-order valence-corrected chi connectivity index (χ4v) is 3.69. The number of nitrogens with zero attached hydrogens (tertiary/aromatic N) is 5. The summed E-state index contributed by atoms with van der Waals surface area (Å²) in [5.74, 6) is -0.382. The number of aromatic nitrogens is 4. The SMILES string of the molecule is Cn1c(=O)c2c([nH]c[n+]2CC(=O)N2CCN(c3ccc(F)cc3)CC2)n(C)c1=O. The molecule has 3 aromatic rings. The minimum atomic E-state index is -0.446. The maximum absolute atomic E-state index is 13.1. The topological polar surface area (TPSA) is 87.2 Å². The molecule has 1 aliphatic heterocycles. The van der Waals surface area contributed by atoms with Gasteiger partial charge in [-0.3, -0.25) is 18.7 Å². The number of anilines is 1. The van der Waals surface area contributed by atoms with Crippen molar-refractivity contribution in [1.82, 2.24) is 19.0 Å². The average molecular weight is 401 g/mol. The fraction of sp³-hybridized carbons (Fsp3) is 0.368. The Morgan fingerprint density at radius 2 is 1.72 bits per heavy atom. The number of hydrogen-bond donors (Lipinski definition) is 1. The van der Waals surface area contributed by atoms with Gasteiger partial charge in [-0.1, -0.05) is 0 Å². The zero-order valence-electron chi connectivity index (χ0n) is 16.3. The van der Waals surface area contributed by atoms with E-state index in [1.165, 1.54) is 30.1 Å². The minimum absolute atomic E-state index is 0.00396. The normalized spacial score (nSPS) is 14.6. The van der Waals surface area contributed by atoms with Crippen LogP contribution >= 0.6 is 0 Å². The summed E-state index contributed by atoms with van der Waals surface area (Å²) in [6.45, 7) is 2.37. The van der Waals surface area contributed by atoms with Gasteiger partial charge in [0, 0.05) is 46.0 Å². The van der Waals surface area contributed by atoms with E-state index < -0.39 is 11.2 Å². The molecule has 1 saturated heterocycles. The van der Waals surface area contributed by atoms with Gasteiger partial charge in [-0.05, 0) is 24.3 Å². The van der Waals surface area contributed by atoms with Crippen LogP contribution in [0.2, 0.25) is 0 Å². The lowest BCUT2D eigenvalue weighted by Gasteiger charge is -2.35. The van der Waals surface area contributed by atoms with E-state index in [4.69, 9.17) is 0 Å². The molecule has 1 fully saturated rings. The second-order valence-corrected chi connectivity index (χ2v) is 7.15. The number of benzene rings is 1. The van der Waals surface area contributed by atoms with Gasteiger partial charge in [0.15, 0.2) is 6.54 Å². The number of carbonyl (C=O) groups excluding carboxylic acids is 1. The molecule has 2 aromatic heterocycles. The molecular formula is C19H22FN6O3+. The molecule has 0 spiro atoms. The molecule has 1 amide bonds. The van der Waals surface area contributed by atoms with Crippen molar-refractivity contribution in [2.24, 2.45) is 14.1 Å². The number of aromatic amines is 1. The first-order valence-corrected chi connectivity index (χ1v) is 9.31. The molecular weight excluding hydrogens is 379 g/mol. The molecule has 1 N–H and O–H groups in total. The quantitative estimate of drug-likeness (QED) is 0.591. The van der Waals surface area contributed by atoms with Gasteiger partial charge in [-0.25, -0.2) is 18.7 Å². The Morgan fingerprint density at radius 3 is 2.38 bits per heavy atom. The Kier molecular flexibility index (Phi) is 4.69. The second-order valence-electron chi connectivity index (χ2n) is 7.15. The Bertz CT molecular complexity index is 1190. The van der Waals surface area contributed by atoms with E-state index in [-0.39, 0.29) is 23.8 Å². The number of carbonyl (C=O) groups is 1. The van der Waals surface area contributed by atoms with Crippen molar-refractivity contribution in [3.63, 3.8) is 0 Å². The average Bonchev–Trinajstić information content (AvgIpc) is 3.15. The molecule has 1 aliphatic rings. The van der Waals surface area contributed by atoms with Crippen LogP contribution in [0.15, 0.2) is 40.2 Å². The smallest absolute Gasteiger partial charge is 0.333 e. The zero-order chi connectivity index (χ0) is 20.7. The largest absolute Gasteiger partial charge is 0.368 e. The van der Waals surface area contributed by atoms with E-state index in [1.807, 2.05) is 0 Å². The molecule has 10 heteroatoms. The maximum atomic E-state index is 13.1. The van der Waals surface area contributed by atoms with Crippen LogP contribution in [0.25, 0.3) is 11.2 Å². The van der Waals surface area contributed by atoms with E-state index >= 15 is 0 Å². The number of piperazine rings is 1. The number of fused-ring (bicyclic) bond motifs is 1. The van der Waals surface area contributed by atoms with Crippen molar-refractivity contribution in [2.75, 3.05) is 31.1 Å². The Balaban J connectivity index is 1.49. The van der Waals surface area contributed by atoms with Crippen LogP contribution < -0.4 is 20.7 Å². The first-order valence-electron chi connectivity index (χ1n) is 9.31. The number of rotatable bonds is 3. The summed E-state index contributed by atoms with van der Waals surface area (Å²) in [6.07, 6.45) is 1.54. The van der Waals surface area contributed by atoms with Crippen LogP contribution in [-0.2, 0) is 25.4 Å². The zero-order valence-corrected chi connectivity index (χ0v) is 16.3. The lowest BCUT2D eigenvalue weighted by Crippen LogP contribution is -2.53. The van der Waals surface area contributed by atoms with Crippen LogP contribution in [0.4, 0.5) is 10.1 Å². The molecule has 4 rings (SSSR count). The summed E-state index contributed by atoms with van der Waals surface area (Å²) in [5.41, 5.74) is 0.715. The van der Waals surface area contributed by atoms with Crippen LogP contribution in [0.5, 0.6) is 0 Å². The van der Waals surface area contributed by atoms with Crippen molar-refractivity contribution in [2.45, 2.75) is 6.54 Å². The fourth-order valence-electron chi connectivity index (χ4n) is 3.69. The van der Waals surface area contributed by atoms with Crippen molar-refractivity contribution in [1.29, 1.82) is 0 Å². The number of hydrogen-bond acceptors (Lipinski definition) is 4. The Hall–Kier alpha value is -3.43. The van der Waals surface area contributed by atoms with Gasteiger partial charge in [0.05, 0.1) is 0 Å². The second kappa shape index (κ2) is 7.19. The molecule has 0 radical (unpaired) electrons. The van der Waals surface area contributed by atoms with Crippen molar-refractivity contribution in [3.05, 3.63) is 57.2 Å². The number of H-pyrrole nitrogens is 1. The van der Waals surface area contributed by atoms with Gasteiger partial charge in [-0.2, -0.15) is 0 Å². The summed E-state index contributed by atoms with van der Waals surface area (Å²) >= 11 is 0. The predicted molar refractivity (Wildman–Crippen MR) is 104 cm³/mol. The molecule has 152 valence electrons. The van der Waals surface area contributed by atoms with E-state index in [1.54, 1.807) is 28.6 Å². The summed E-state index contributed by atoms with van der Waals surface area (Å²) in [5, 5.41) is 0. The highest BCUT2D eigenvalue weighted by Gasteiger charge is 2.26. The number of imidazole rings is 1. The van der Waals surface area contributed by atoms with E-state index in [0.29, 0.717) is 31.8 Å². The molecule has 3 heterocycles. The monoisotopic (exact) mass is 401 g/mol. The van der Waals surface area contributed by atoms with Crippen LogP contribution in [-0.4, -0.2) is 51.1 Å². The molecule has 0 bridgehead atoms. The third kappa shape index (κ3) is 3.30. The molecule has 9 nitrogen and oxygen atoms in total. The first kappa shape index (κ1) is 18.9. The highest BCUT2D eigenvalue weighted by atomic mass is 19.1. The summed E-state index contributed by atoms with van der Waals surface area (Å²) in [7, 11) is 2.99. The summed E-state index contributed by atoms with van der Waals surface area (Å²) in [4.78, 5) is 44.1. The van der Waals surface area contributed by atoms with Gasteiger partial charge in [0.1, 0.15) is 5.82 Å². The summed E-state index contributed by atoms with van der Waals surface area (Å²) < 4.78 is 17.0. The Labute approximate surface area is 165 Å². The number of aryl methyl sites for hydroxylation is 1. The van der Waals surface area contributed by atoms with Crippen LogP contribution in [0.1, 0.15) is 0 Å². The third-order valence-electron chi connectivity index (χ3n) is 5.41. The molecule has 0 saturated carbocycles. The lowest BCUT2D eigenvalue weighted by molar-refractivity contribution is -0.659. The lowest BCUT2D eigenvalue weighted by atomic mass is 10.2. The predicted octanol–water partition coefficient (Wildman–Crippen LogP) is -0.659. The van der Waals surface area contributed by atoms with Gasteiger partial charge in [0.25, 0.3) is 17.1 Å². The van der Waals surface area contributed by atoms with Gasteiger partial charge < -0.3 is 9.80 Å². The number of amides is 1. The van der Waals surface area contributed by atoms with Crippen LogP contribution in [0, 0.1) is 5.82 Å². The van der Waals surface area contributed by atoms with Crippen molar-refractivity contribution < 1.29 is 13.8 Å². The standard InChI is InChI=1S/C19H21FN6O3/c1-22-17-16(18(28)23(2)19(22)29)26(12-21-17)11-15(27)25-9-7-24(8-10-25)14-5-3-13(20)4-6-14/h3-6,12H,7-11H2,1-2H3/p+1. The maximum Gasteiger partial charge on any atom is 0.333 e. The number of nitrogens with one attached hydrogen (secondary N) is 1. The molecule has 0 aliphatic carbocycles. The van der Waals surface area contributed by atoms with Gasteiger partial charge in [-0.15, -0.1) is 0 Å². The van der Waals surface area contributed by atoms with E-state index in [0.717, 1.165) is 10.3 Å². The van der Waals surface area contributed by atoms with Gasteiger partial charge >= 0.3 is 11.2 Å². The van der Waals surface area contributed by atoms with Crippen molar-refractivity contribution >= 4 is 22.8 Å². The summed E-state index contributed by atoms with van der Waals surface area (Å²) in [6, 6.07) is 6.31. The highest BCUT2D eigenvalue weighted by molar-refractivity contribution is 5.76. The Morgan fingerprint density at radius 1 is 1.07 bits per heavy atom. The highest BCUT2D eigenvalue weighted by Crippen LogP contribution is 2.17. The third-order valence-corrected chi connectivity index (χ3v) is 5.41. The van der Waals surface area contributed by atoms with Crippen molar-refractivity contribution in [3.8, 4) is 0 Å². The van der Waals surface area contributed by atoms with E-state index in [9.17, 15) is 18.8 Å². The van der Waals surface area contributed by atoms with Crippen LogP contribution in [0.3, 0.4) is 0 Å². The molecule has 0 unspecified atom stereocenters. The first-order chi connectivity index (χ1) is 13.9. The molecule has 29 heavy (non-hydrogen) atoms. The minimum Gasteiger partial charge on any atom is -0.368 e. The number of halogens is 1. The molecule has 1 aromatic carbocycles. The molecule has 0 atom stereocenters.